The van der Waals surface area contributed by atoms with E-state index in [9.17, 15) is 0 Å². The minimum absolute atomic E-state index is 0. The molecule has 1 atom stereocenters. The fourth-order valence-corrected chi connectivity index (χ4v) is 1.12. The summed E-state index contributed by atoms with van der Waals surface area (Å²) in [7, 11) is 0. The maximum Gasteiger partial charge on any atom is 0 e. The van der Waals surface area contributed by atoms with Crippen molar-refractivity contribution in [2.24, 2.45) is 5.92 Å². The van der Waals surface area contributed by atoms with E-state index >= 15 is 0 Å². The second-order valence-electron chi connectivity index (χ2n) is 2.71. The Balaban J connectivity index is -0.000000213. The summed E-state index contributed by atoms with van der Waals surface area (Å²) in [6.07, 6.45) is 4.03. The van der Waals surface area contributed by atoms with Gasteiger partial charge in [-0.15, -0.1) is 13.1 Å². The third-order valence-corrected chi connectivity index (χ3v) is 1.79. The van der Waals surface area contributed by atoms with Gasteiger partial charge in [0.1, 0.15) is 0 Å². The van der Waals surface area contributed by atoms with Gasteiger partial charge in [0, 0.05) is 63.2 Å². The van der Waals surface area contributed by atoms with Crippen molar-refractivity contribution in [2.45, 2.75) is 26.2 Å². The van der Waals surface area contributed by atoms with E-state index in [2.05, 4.69) is 12.2 Å². The van der Waals surface area contributed by atoms with E-state index in [1.54, 1.807) is 0 Å². The van der Waals surface area contributed by atoms with Crippen LogP contribution in [0.1, 0.15) is 26.2 Å². The first-order valence-electron chi connectivity index (χ1n) is 3.53. The molecule has 66 valence electrons. The molecule has 0 spiro atoms. The van der Waals surface area contributed by atoms with Crippen molar-refractivity contribution in [1.82, 2.24) is 0 Å². The summed E-state index contributed by atoms with van der Waals surface area (Å²) in [4.78, 5) is 0. The smallest absolute Gasteiger partial charge is 0 e. The molecule has 1 nitrogen and oxygen atoms in total. The van der Waals surface area contributed by atoms with Gasteiger partial charge >= 0.3 is 0 Å². The Morgan fingerprint density at radius 3 is 2.27 bits per heavy atom. The zero-order valence-corrected chi connectivity index (χ0v) is 15.6. The summed E-state index contributed by atoms with van der Waals surface area (Å²) in [6.45, 7) is 4.55. The maximum absolute atomic E-state index is 4.32. The Hall–Kier alpha value is 2.02. The van der Waals surface area contributed by atoms with E-state index in [0.717, 1.165) is 19.0 Å². The van der Waals surface area contributed by atoms with Gasteiger partial charge in [0.15, 0.2) is 0 Å². The first kappa shape index (κ1) is 18.7. The van der Waals surface area contributed by atoms with E-state index in [-0.39, 0.29) is 63.2 Å². The standard InChI is InChI=1S/C7H14N.3W/c1-7-3-2-5-8-6-4-7;;;/h7H,2-6H2,1H3;;;/q-1;;;. The van der Waals surface area contributed by atoms with Gasteiger partial charge in [-0.2, -0.15) is 0 Å². The molecule has 0 aromatic heterocycles. The molecule has 0 aromatic carbocycles. The molecule has 1 aliphatic rings. The van der Waals surface area contributed by atoms with E-state index in [0.29, 0.717) is 0 Å². The molecular formula is C7H14NW3-. The molecular weight excluding hydrogens is 650 g/mol. The van der Waals surface area contributed by atoms with E-state index in [4.69, 9.17) is 0 Å². The fraction of sp³-hybridized carbons (Fsp3) is 1.00. The quantitative estimate of drug-likeness (QED) is 0.378. The van der Waals surface area contributed by atoms with Crippen LogP contribution in [0.5, 0.6) is 0 Å². The Labute approximate surface area is 113 Å². The van der Waals surface area contributed by atoms with Gasteiger partial charge in [-0.3, -0.25) is 0 Å². The zero-order chi connectivity index (χ0) is 5.82. The van der Waals surface area contributed by atoms with Crippen LogP contribution in [0.4, 0.5) is 0 Å². The zero-order valence-electron chi connectivity index (χ0n) is 6.78. The molecule has 0 aliphatic carbocycles. The third kappa shape index (κ3) is 9.94. The number of hydrogen-bond donors (Lipinski definition) is 0. The predicted molar refractivity (Wildman–Crippen MR) is 36.1 cm³/mol. The second kappa shape index (κ2) is 12.0. The summed E-state index contributed by atoms with van der Waals surface area (Å²) in [6, 6.07) is 0. The summed E-state index contributed by atoms with van der Waals surface area (Å²) >= 11 is 0. The van der Waals surface area contributed by atoms with Crippen LogP contribution in [-0.4, -0.2) is 13.1 Å². The summed E-state index contributed by atoms with van der Waals surface area (Å²) in [5.41, 5.74) is 0. The Bertz CT molecular complexity index is 62.7. The third-order valence-electron chi connectivity index (χ3n) is 1.79. The van der Waals surface area contributed by atoms with Crippen LogP contribution in [0, 0.1) is 5.92 Å². The van der Waals surface area contributed by atoms with Crippen molar-refractivity contribution >= 4 is 0 Å². The van der Waals surface area contributed by atoms with Gasteiger partial charge in [0.05, 0.1) is 0 Å². The minimum Gasteiger partial charge on any atom is -0.662 e. The molecule has 0 saturated carbocycles. The van der Waals surface area contributed by atoms with Crippen LogP contribution in [-0.2, 0) is 63.2 Å². The van der Waals surface area contributed by atoms with Crippen LogP contribution in [0.2, 0.25) is 0 Å². The second-order valence-corrected chi connectivity index (χ2v) is 2.71. The first-order chi connectivity index (χ1) is 3.89. The molecule has 0 N–H and O–H groups in total. The van der Waals surface area contributed by atoms with Gasteiger partial charge in [-0.25, -0.2) is 0 Å². The monoisotopic (exact) mass is 664 g/mol. The van der Waals surface area contributed by atoms with Crippen molar-refractivity contribution in [3.8, 4) is 0 Å². The largest absolute Gasteiger partial charge is 0.662 e. The average molecular weight is 664 g/mol. The van der Waals surface area contributed by atoms with Crippen LogP contribution in [0.15, 0.2) is 0 Å². The van der Waals surface area contributed by atoms with Gasteiger partial charge in [0.2, 0.25) is 0 Å². The Morgan fingerprint density at radius 2 is 1.64 bits per heavy atom. The number of rotatable bonds is 0. The van der Waals surface area contributed by atoms with Crippen molar-refractivity contribution in [3.63, 3.8) is 0 Å². The molecule has 4 heteroatoms. The average Bonchev–Trinajstić information content (AvgIpc) is 1.94. The SMILES string of the molecule is CC1CCC[N-]CC1.[W].[W].[W]. The van der Waals surface area contributed by atoms with Gasteiger partial charge in [-0.05, 0) is 5.92 Å². The summed E-state index contributed by atoms with van der Waals surface area (Å²) in [5, 5.41) is 4.32. The Kier molecular flexibility index (Phi) is 20.5. The van der Waals surface area contributed by atoms with Crippen LogP contribution < -0.4 is 0 Å². The minimum atomic E-state index is 0. The van der Waals surface area contributed by atoms with Crippen molar-refractivity contribution < 1.29 is 63.2 Å². The van der Waals surface area contributed by atoms with Crippen LogP contribution in [0.25, 0.3) is 5.32 Å². The molecule has 0 aromatic rings. The van der Waals surface area contributed by atoms with Gasteiger partial charge < -0.3 is 5.32 Å². The van der Waals surface area contributed by atoms with E-state index < -0.39 is 0 Å². The molecule has 11 heavy (non-hydrogen) atoms. The molecule has 1 heterocycles. The van der Waals surface area contributed by atoms with Gasteiger partial charge in [0.25, 0.3) is 0 Å². The van der Waals surface area contributed by atoms with E-state index in [1.807, 2.05) is 0 Å². The summed E-state index contributed by atoms with van der Waals surface area (Å²) in [5.74, 6) is 0.932. The molecule has 1 rings (SSSR count). The molecule has 0 radical (unpaired) electrons. The molecule has 1 fully saturated rings. The molecule has 1 aliphatic heterocycles. The topological polar surface area (TPSA) is 14.1 Å². The van der Waals surface area contributed by atoms with Gasteiger partial charge in [-0.1, -0.05) is 26.2 Å². The molecule has 1 saturated heterocycles. The number of nitrogens with zero attached hydrogens (tertiary/aromatic N) is 1. The first-order valence-corrected chi connectivity index (χ1v) is 3.53. The predicted octanol–water partition coefficient (Wildman–Crippen LogP) is 2.17. The van der Waals surface area contributed by atoms with Crippen molar-refractivity contribution in [2.75, 3.05) is 13.1 Å². The molecule has 0 bridgehead atoms. The van der Waals surface area contributed by atoms with Crippen molar-refractivity contribution in [1.29, 1.82) is 0 Å². The normalized spacial score (nSPS) is 23.2. The van der Waals surface area contributed by atoms with Crippen molar-refractivity contribution in [3.05, 3.63) is 5.32 Å². The maximum atomic E-state index is 4.32. The Morgan fingerprint density at radius 1 is 1.00 bits per heavy atom. The summed E-state index contributed by atoms with van der Waals surface area (Å²) < 4.78 is 0. The fourth-order valence-electron chi connectivity index (χ4n) is 1.12. The van der Waals surface area contributed by atoms with Crippen LogP contribution in [0.3, 0.4) is 0 Å². The molecule has 0 amide bonds. The van der Waals surface area contributed by atoms with E-state index in [1.165, 1.54) is 19.3 Å². The number of hydrogen-bond acceptors (Lipinski definition) is 0. The molecule has 1 unspecified atom stereocenters. The van der Waals surface area contributed by atoms with Crippen LogP contribution >= 0.6 is 0 Å².